The lowest BCUT2D eigenvalue weighted by Crippen LogP contribution is -2.46. The maximum absolute atomic E-state index is 5.85. The van der Waals surface area contributed by atoms with Gasteiger partial charge < -0.3 is 14.5 Å². The molecule has 0 saturated carbocycles. The van der Waals surface area contributed by atoms with Crippen molar-refractivity contribution in [2.45, 2.75) is 20.0 Å². The molecule has 0 unspecified atom stereocenters. The summed E-state index contributed by atoms with van der Waals surface area (Å²) in [6, 6.07) is 8.25. The molecule has 134 valence electrons. The summed E-state index contributed by atoms with van der Waals surface area (Å²) in [5.74, 6) is 1.63. The zero-order valence-electron chi connectivity index (χ0n) is 15.0. The first kappa shape index (κ1) is 16.5. The molecule has 0 radical (unpaired) electrons. The van der Waals surface area contributed by atoms with Crippen LogP contribution >= 0.6 is 0 Å². The average Bonchev–Trinajstić information content (AvgIpc) is 2.68. The second-order valence-electron chi connectivity index (χ2n) is 6.59. The van der Waals surface area contributed by atoms with E-state index in [0.29, 0.717) is 5.88 Å². The van der Waals surface area contributed by atoms with Gasteiger partial charge in [0.15, 0.2) is 0 Å². The van der Waals surface area contributed by atoms with E-state index in [2.05, 4.69) is 41.9 Å². The molecule has 2 aromatic heterocycles. The predicted molar refractivity (Wildman–Crippen MR) is 102 cm³/mol. The molecule has 26 heavy (non-hydrogen) atoms. The Morgan fingerprint density at radius 2 is 1.73 bits per heavy atom. The number of anilines is 2. The molecular weight excluding hydrogens is 328 g/mol. The molecule has 7 nitrogen and oxygen atoms in total. The highest BCUT2D eigenvalue weighted by atomic mass is 16.5. The number of hydrogen-bond acceptors (Lipinski definition) is 7. The molecule has 3 aromatic rings. The molecular formula is C19H22N6O. The molecule has 3 heterocycles. The third-order valence-corrected chi connectivity index (χ3v) is 4.46. The number of aromatic nitrogens is 4. The number of piperazine rings is 1. The Labute approximate surface area is 152 Å². The Bertz CT molecular complexity index is 878. The summed E-state index contributed by atoms with van der Waals surface area (Å²) in [5, 5.41) is 0.955. The summed E-state index contributed by atoms with van der Waals surface area (Å²) in [4.78, 5) is 21.7. The van der Waals surface area contributed by atoms with Gasteiger partial charge in [0.25, 0.3) is 0 Å². The molecule has 1 aliphatic rings. The summed E-state index contributed by atoms with van der Waals surface area (Å²) < 4.78 is 5.85. The van der Waals surface area contributed by atoms with Crippen LogP contribution < -0.4 is 14.5 Å². The van der Waals surface area contributed by atoms with Gasteiger partial charge in [0.1, 0.15) is 18.5 Å². The van der Waals surface area contributed by atoms with E-state index < -0.39 is 0 Å². The van der Waals surface area contributed by atoms with E-state index >= 15 is 0 Å². The lowest BCUT2D eigenvalue weighted by atomic mass is 10.2. The van der Waals surface area contributed by atoms with E-state index in [1.54, 1.807) is 18.9 Å². The smallest absolute Gasteiger partial charge is 0.224 e. The average molecular weight is 350 g/mol. The maximum atomic E-state index is 5.85. The molecule has 1 aliphatic heterocycles. The lowest BCUT2D eigenvalue weighted by Gasteiger charge is -2.36. The van der Waals surface area contributed by atoms with Crippen molar-refractivity contribution in [3.63, 3.8) is 0 Å². The van der Waals surface area contributed by atoms with Gasteiger partial charge in [-0.15, -0.1) is 0 Å². The van der Waals surface area contributed by atoms with Crippen molar-refractivity contribution in [1.82, 2.24) is 19.9 Å². The maximum Gasteiger partial charge on any atom is 0.224 e. The van der Waals surface area contributed by atoms with Crippen LogP contribution in [0.4, 0.5) is 11.5 Å². The zero-order chi connectivity index (χ0) is 17.9. The fourth-order valence-corrected chi connectivity index (χ4v) is 3.20. The lowest BCUT2D eigenvalue weighted by molar-refractivity contribution is 0.235. The van der Waals surface area contributed by atoms with Gasteiger partial charge in [-0.2, -0.15) is 0 Å². The van der Waals surface area contributed by atoms with Crippen molar-refractivity contribution in [3.05, 3.63) is 43.1 Å². The van der Waals surface area contributed by atoms with Crippen molar-refractivity contribution >= 4 is 22.4 Å². The number of benzene rings is 1. The summed E-state index contributed by atoms with van der Waals surface area (Å²) in [6.45, 7) is 7.73. The topological polar surface area (TPSA) is 67.3 Å². The number of nitrogens with zero attached hydrogens (tertiary/aromatic N) is 6. The second kappa shape index (κ2) is 7.11. The quantitative estimate of drug-likeness (QED) is 0.716. The van der Waals surface area contributed by atoms with E-state index in [4.69, 9.17) is 4.74 Å². The van der Waals surface area contributed by atoms with Crippen LogP contribution in [0.2, 0.25) is 0 Å². The molecule has 7 heteroatoms. The monoisotopic (exact) mass is 350 g/mol. The fourth-order valence-electron chi connectivity index (χ4n) is 3.20. The Balaban J connectivity index is 1.54. The Hall–Kier alpha value is -2.96. The van der Waals surface area contributed by atoms with Gasteiger partial charge in [-0.1, -0.05) is 0 Å². The van der Waals surface area contributed by atoms with Crippen molar-refractivity contribution < 1.29 is 4.74 Å². The minimum atomic E-state index is 0.0770. The van der Waals surface area contributed by atoms with Gasteiger partial charge in [-0.3, -0.25) is 0 Å². The predicted octanol–water partition coefficient (Wildman–Crippen LogP) is 2.53. The van der Waals surface area contributed by atoms with Crippen LogP contribution in [0.3, 0.4) is 0 Å². The Morgan fingerprint density at radius 3 is 2.46 bits per heavy atom. The third kappa shape index (κ3) is 3.37. The van der Waals surface area contributed by atoms with Crippen LogP contribution in [0.15, 0.2) is 43.1 Å². The SMILES string of the molecule is CC(C)Oc1ncnc2ccc(N3CCN(c4ccncn4)CC3)cc12. The van der Waals surface area contributed by atoms with Crippen molar-refractivity contribution in [3.8, 4) is 5.88 Å². The first-order chi connectivity index (χ1) is 12.7. The molecule has 0 amide bonds. The largest absolute Gasteiger partial charge is 0.474 e. The van der Waals surface area contributed by atoms with Crippen molar-refractivity contribution in [2.75, 3.05) is 36.0 Å². The number of fused-ring (bicyclic) bond motifs is 1. The van der Waals surface area contributed by atoms with Crippen LogP contribution in [0.5, 0.6) is 5.88 Å². The fraction of sp³-hybridized carbons (Fsp3) is 0.368. The summed E-state index contributed by atoms with van der Waals surface area (Å²) >= 11 is 0. The minimum Gasteiger partial charge on any atom is -0.474 e. The normalized spacial score (nSPS) is 14.9. The van der Waals surface area contributed by atoms with Crippen molar-refractivity contribution in [2.24, 2.45) is 0 Å². The second-order valence-corrected chi connectivity index (χ2v) is 6.59. The highest BCUT2D eigenvalue weighted by Gasteiger charge is 2.19. The molecule has 1 fully saturated rings. The standard InChI is InChI=1S/C19H22N6O/c1-14(2)26-19-16-11-15(3-4-17(16)21-13-23-19)24-7-9-25(10-8-24)18-5-6-20-12-22-18/h3-6,11-14H,7-10H2,1-2H3. The van der Waals surface area contributed by atoms with E-state index in [1.807, 2.05) is 26.0 Å². The molecule has 0 bridgehead atoms. The zero-order valence-corrected chi connectivity index (χ0v) is 15.0. The van der Waals surface area contributed by atoms with E-state index in [1.165, 1.54) is 5.69 Å². The van der Waals surface area contributed by atoms with Crippen LogP contribution in [0.1, 0.15) is 13.8 Å². The van der Waals surface area contributed by atoms with Gasteiger partial charge in [0.2, 0.25) is 5.88 Å². The van der Waals surface area contributed by atoms with E-state index in [-0.39, 0.29) is 6.10 Å². The molecule has 0 spiro atoms. The number of hydrogen-bond donors (Lipinski definition) is 0. The molecule has 1 aromatic carbocycles. The van der Waals surface area contributed by atoms with Crippen molar-refractivity contribution in [1.29, 1.82) is 0 Å². The summed E-state index contributed by atoms with van der Waals surface area (Å²) in [5.41, 5.74) is 2.07. The van der Waals surface area contributed by atoms with Gasteiger partial charge in [0.05, 0.1) is 17.0 Å². The molecule has 0 atom stereocenters. The highest BCUT2D eigenvalue weighted by Crippen LogP contribution is 2.28. The molecule has 0 aliphatic carbocycles. The van der Waals surface area contributed by atoms with E-state index in [0.717, 1.165) is 42.9 Å². The number of rotatable bonds is 4. The first-order valence-electron chi connectivity index (χ1n) is 8.88. The molecule has 0 N–H and O–H groups in total. The molecule has 1 saturated heterocycles. The summed E-state index contributed by atoms with van der Waals surface area (Å²) in [7, 11) is 0. The van der Waals surface area contributed by atoms with Crippen LogP contribution in [0.25, 0.3) is 10.9 Å². The van der Waals surface area contributed by atoms with Gasteiger partial charge in [0, 0.05) is 38.1 Å². The van der Waals surface area contributed by atoms with E-state index in [9.17, 15) is 0 Å². The number of ether oxygens (including phenoxy) is 1. The Morgan fingerprint density at radius 1 is 0.923 bits per heavy atom. The first-order valence-corrected chi connectivity index (χ1v) is 8.88. The minimum absolute atomic E-state index is 0.0770. The van der Waals surface area contributed by atoms with Gasteiger partial charge >= 0.3 is 0 Å². The third-order valence-electron chi connectivity index (χ3n) is 4.46. The van der Waals surface area contributed by atoms with Gasteiger partial charge in [-0.05, 0) is 38.1 Å². The highest BCUT2D eigenvalue weighted by molar-refractivity contribution is 5.86. The molecule has 4 rings (SSSR count). The summed E-state index contributed by atoms with van der Waals surface area (Å²) in [6.07, 6.45) is 5.02. The van der Waals surface area contributed by atoms with Crippen LogP contribution in [-0.2, 0) is 0 Å². The Kier molecular flexibility index (Phi) is 4.51. The van der Waals surface area contributed by atoms with Crippen LogP contribution in [-0.4, -0.2) is 52.2 Å². The van der Waals surface area contributed by atoms with Crippen LogP contribution in [0, 0.1) is 0 Å². The van der Waals surface area contributed by atoms with Gasteiger partial charge in [-0.25, -0.2) is 19.9 Å².